The Morgan fingerprint density at radius 3 is 2.70 bits per heavy atom. The van der Waals surface area contributed by atoms with Gasteiger partial charge in [0.2, 0.25) is 0 Å². The molecule has 1 rings (SSSR count). The van der Waals surface area contributed by atoms with Crippen LogP contribution < -0.4 is 0 Å². The molecule has 10 heavy (non-hydrogen) atoms. The Labute approximate surface area is 61.6 Å². The molecule has 1 fully saturated rings. The Hall–Kier alpha value is -0.120. The van der Waals surface area contributed by atoms with Crippen LogP contribution in [0.5, 0.6) is 0 Å². The standard InChI is InChI=1S/C7H15NO2/c1-6(9)8-4-3-7(5-8)10-2/h6-7,9H,3-5H2,1-2H3/t6?,7-/m0/s1. The monoisotopic (exact) mass is 145 g/mol. The Morgan fingerprint density at radius 2 is 2.40 bits per heavy atom. The molecule has 1 aliphatic rings. The second-order valence-corrected chi connectivity index (χ2v) is 2.77. The highest BCUT2D eigenvalue weighted by Gasteiger charge is 2.24. The van der Waals surface area contributed by atoms with Gasteiger partial charge in [-0.3, -0.25) is 4.90 Å². The van der Waals surface area contributed by atoms with Gasteiger partial charge in [0.25, 0.3) is 0 Å². The fourth-order valence-electron chi connectivity index (χ4n) is 1.29. The zero-order valence-corrected chi connectivity index (χ0v) is 6.58. The van der Waals surface area contributed by atoms with E-state index < -0.39 is 0 Å². The molecule has 0 aliphatic carbocycles. The third-order valence-corrected chi connectivity index (χ3v) is 2.04. The molecule has 3 nitrogen and oxygen atoms in total. The normalized spacial score (nSPS) is 30.9. The third-order valence-electron chi connectivity index (χ3n) is 2.04. The van der Waals surface area contributed by atoms with Crippen molar-refractivity contribution in [1.82, 2.24) is 4.90 Å². The summed E-state index contributed by atoms with van der Waals surface area (Å²) < 4.78 is 5.14. The minimum Gasteiger partial charge on any atom is -0.380 e. The van der Waals surface area contributed by atoms with Gasteiger partial charge in [0.05, 0.1) is 6.10 Å². The lowest BCUT2D eigenvalue weighted by Gasteiger charge is -2.18. The smallest absolute Gasteiger partial charge is 0.104 e. The van der Waals surface area contributed by atoms with Crippen molar-refractivity contribution in [2.45, 2.75) is 25.7 Å². The summed E-state index contributed by atoms with van der Waals surface area (Å²) in [6, 6.07) is 0. The van der Waals surface area contributed by atoms with Crippen LogP contribution in [0.15, 0.2) is 0 Å². The van der Waals surface area contributed by atoms with Crippen molar-refractivity contribution >= 4 is 0 Å². The molecule has 1 aliphatic heterocycles. The van der Waals surface area contributed by atoms with Gasteiger partial charge in [-0.15, -0.1) is 0 Å². The Bertz CT molecular complexity index is 106. The van der Waals surface area contributed by atoms with Crippen LogP contribution in [-0.4, -0.2) is 42.5 Å². The molecule has 1 unspecified atom stereocenters. The number of likely N-dealkylation sites (tertiary alicyclic amines) is 1. The van der Waals surface area contributed by atoms with Crippen LogP contribution in [-0.2, 0) is 4.74 Å². The summed E-state index contributed by atoms with van der Waals surface area (Å²) in [5, 5.41) is 9.14. The Kier molecular flexibility index (Phi) is 2.65. The van der Waals surface area contributed by atoms with Crippen molar-refractivity contribution in [1.29, 1.82) is 0 Å². The lowest BCUT2D eigenvalue weighted by Crippen LogP contribution is -2.31. The van der Waals surface area contributed by atoms with E-state index in [0.29, 0.717) is 6.10 Å². The fraction of sp³-hybridized carbons (Fsp3) is 1.00. The maximum Gasteiger partial charge on any atom is 0.104 e. The summed E-state index contributed by atoms with van der Waals surface area (Å²) in [7, 11) is 1.72. The van der Waals surface area contributed by atoms with Crippen LogP contribution in [0.4, 0.5) is 0 Å². The van der Waals surface area contributed by atoms with E-state index in [1.165, 1.54) is 0 Å². The molecule has 1 saturated heterocycles. The zero-order valence-electron chi connectivity index (χ0n) is 6.58. The molecule has 0 bridgehead atoms. The molecule has 1 N–H and O–H groups in total. The molecule has 0 saturated carbocycles. The van der Waals surface area contributed by atoms with E-state index >= 15 is 0 Å². The first-order chi connectivity index (χ1) is 4.74. The molecule has 2 atom stereocenters. The van der Waals surface area contributed by atoms with Gasteiger partial charge >= 0.3 is 0 Å². The van der Waals surface area contributed by atoms with Gasteiger partial charge in [0.15, 0.2) is 0 Å². The topological polar surface area (TPSA) is 32.7 Å². The summed E-state index contributed by atoms with van der Waals surface area (Å²) in [6.45, 7) is 3.61. The van der Waals surface area contributed by atoms with Crippen LogP contribution in [0.25, 0.3) is 0 Å². The summed E-state index contributed by atoms with van der Waals surface area (Å²) in [4.78, 5) is 2.01. The Morgan fingerprint density at radius 1 is 1.70 bits per heavy atom. The van der Waals surface area contributed by atoms with Crippen LogP contribution in [0.1, 0.15) is 13.3 Å². The number of aliphatic hydroxyl groups excluding tert-OH is 1. The first-order valence-electron chi connectivity index (χ1n) is 3.69. The van der Waals surface area contributed by atoms with Gasteiger partial charge in [0, 0.05) is 20.2 Å². The molecule has 0 radical (unpaired) electrons. The molecule has 3 heteroatoms. The highest BCUT2D eigenvalue weighted by atomic mass is 16.5. The maximum absolute atomic E-state index is 9.14. The number of aliphatic hydroxyl groups is 1. The summed E-state index contributed by atoms with van der Waals surface area (Å²) in [5.74, 6) is 0. The first-order valence-corrected chi connectivity index (χ1v) is 3.69. The average Bonchev–Trinajstić information content (AvgIpc) is 2.34. The van der Waals surface area contributed by atoms with Gasteiger partial charge in [-0.2, -0.15) is 0 Å². The van der Waals surface area contributed by atoms with E-state index in [0.717, 1.165) is 19.5 Å². The number of nitrogens with zero attached hydrogens (tertiary/aromatic N) is 1. The van der Waals surface area contributed by atoms with Gasteiger partial charge < -0.3 is 9.84 Å². The van der Waals surface area contributed by atoms with Crippen molar-refractivity contribution in [2.24, 2.45) is 0 Å². The van der Waals surface area contributed by atoms with Gasteiger partial charge in [-0.1, -0.05) is 0 Å². The van der Waals surface area contributed by atoms with Crippen LogP contribution >= 0.6 is 0 Å². The number of rotatable bonds is 2. The van der Waals surface area contributed by atoms with Crippen molar-refractivity contribution in [3.63, 3.8) is 0 Å². The molecule has 0 aromatic carbocycles. The van der Waals surface area contributed by atoms with E-state index in [2.05, 4.69) is 0 Å². The quantitative estimate of drug-likeness (QED) is 0.595. The fourth-order valence-corrected chi connectivity index (χ4v) is 1.29. The first kappa shape index (κ1) is 7.98. The highest BCUT2D eigenvalue weighted by molar-refractivity contribution is 4.75. The van der Waals surface area contributed by atoms with Crippen molar-refractivity contribution in [2.75, 3.05) is 20.2 Å². The van der Waals surface area contributed by atoms with Gasteiger partial charge in [0.1, 0.15) is 6.23 Å². The predicted molar refractivity (Wildman–Crippen MR) is 38.7 cm³/mol. The largest absolute Gasteiger partial charge is 0.380 e. The lowest BCUT2D eigenvalue weighted by molar-refractivity contribution is 0.0209. The van der Waals surface area contributed by atoms with E-state index in [4.69, 9.17) is 9.84 Å². The maximum atomic E-state index is 9.14. The third kappa shape index (κ3) is 1.68. The van der Waals surface area contributed by atoms with E-state index in [1.807, 2.05) is 4.90 Å². The number of hydrogen-bond acceptors (Lipinski definition) is 3. The lowest BCUT2D eigenvalue weighted by atomic mass is 10.3. The second kappa shape index (κ2) is 3.32. The zero-order chi connectivity index (χ0) is 7.56. The van der Waals surface area contributed by atoms with E-state index in [9.17, 15) is 0 Å². The number of methoxy groups -OCH3 is 1. The molecular weight excluding hydrogens is 130 g/mol. The molecule has 1 heterocycles. The summed E-state index contributed by atoms with van der Waals surface area (Å²) in [5.41, 5.74) is 0. The van der Waals surface area contributed by atoms with Crippen molar-refractivity contribution < 1.29 is 9.84 Å². The van der Waals surface area contributed by atoms with E-state index in [-0.39, 0.29) is 6.23 Å². The molecule has 0 spiro atoms. The second-order valence-electron chi connectivity index (χ2n) is 2.77. The van der Waals surface area contributed by atoms with Gasteiger partial charge in [-0.25, -0.2) is 0 Å². The van der Waals surface area contributed by atoms with Crippen molar-refractivity contribution in [3.8, 4) is 0 Å². The van der Waals surface area contributed by atoms with E-state index in [1.54, 1.807) is 14.0 Å². The summed E-state index contributed by atoms with van der Waals surface area (Å²) in [6.07, 6.45) is 1.05. The predicted octanol–water partition coefficient (Wildman–Crippen LogP) is 0.0454. The van der Waals surface area contributed by atoms with Crippen LogP contribution in [0.2, 0.25) is 0 Å². The van der Waals surface area contributed by atoms with Crippen LogP contribution in [0.3, 0.4) is 0 Å². The number of ether oxygens (including phenoxy) is 1. The number of hydrogen-bond donors (Lipinski definition) is 1. The summed E-state index contributed by atoms with van der Waals surface area (Å²) >= 11 is 0. The average molecular weight is 145 g/mol. The Balaban J connectivity index is 2.28. The highest BCUT2D eigenvalue weighted by Crippen LogP contribution is 2.12. The molecule has 0 amide bonds. The van der Waals surface area contributed by atoms with Crippen LogP contribution in [0, 0.1) is 0 Å². The minimum atomic E-state index is -0.319. The molecular formula is C7H15NO2. The molecule has 0 aromatic heterocycles. The SMILES string of the molecule is CO[C@H]1CCN(C(C)O)C1. The molecule has 60 valence electrons. The van der Waals surface area contributed by atoms with Crippen molar-refractivity contribution in [3.05, 3.63) is 0 Å². The minimum absolute atomic E-state index is 0.319. The molecule has 0 aromatic rings. The van der Waals surface area contributed by atoms with Gasteiger partial charge in [-0.05, 0) is 13.3 Å².